The van der Waals surface area contributed by atoms with Crippen molar-refractivity contribution >= 4 is 21.8 Å². The summed E-state index contributed by atoms with van der Waals surface area (Å²) in [7, 11) is 0. The normalized spacial score (nSPS) is 12.1. The number of rotatable bonds is 6. The van der Waals surface area contributed by atoms with Crippen molar-refractivity contribution in [2.24, 2.45) is 0 Å². The number of carbonyl (C=O) groups is 1. The van der Waals surface area contributed by atoms with Gasteiger partial charge in [-0.15, -0.1) is 0 Å². The van der Waals surface area contributed by atoms with Crippen molar-refractivity contribution in [3.63, 3.8) is 0 Å². The first kappa shape index (κ1) is 18.5. The molecule has 0 aromatic heterocycles. The molecule has 5 heteroatoms. The number of hydrogen-bond donors (Lipinski definition) is 1. The minimum Gasteiger partial charge on any atom is -0.483 e. The molecule has 2 rings (SSSR count). The summed E-state index contributed by atoms with van der Waals surface area (Å²) in [5.74, 6) is 0.529. The van der Waals surface area contributed by atoms with Gasteiger partial charge in [-0.2, -0.15) is 0 Å². The Bertz CT molecular complexity index is 701. The van der Waals surface area contributed by atoms with Gasteiger partial charge in [-0.3, -0.25) is 4.79 Å². The molecule has 0 saturated carbocycles. The van der Waals surface area contributed by atoms with E-state index in [1.165, 1.54) is 17.7 Å². The number of hydrogen-bond acceptors (Lipinski definition) is 2. The van der Waals surface area contributed by atoms with Crippen molar-refractivity contribution in [3.8, 4) is 5.75 Å². The van der Waals surface area contributed by atoms with E-state index in [1.807, 2.05) is 25.1 Å². The first-order valence-electron chi connectivity index (χ1n) is 7.84. The van der Waals surface area contributed by atoms with Crippen molar-refractivity contribution in [3.05, 3.63) is 63.9 Å². The number of amides is 1. The summed E-state index contributed by atoms with van der Waals surface area (Å²) in [5.41, 5.74) is 2.04. The Morgan fingerprint density at radius 1 is 1.12 bits per heavy atom. The lowest BCUT2D eigenvalue weighted by Gasteiger charge is -2.15. The van der Waals surface area contributed by atoms with Gasteiger partial charge in [-0.1, -0.05) is 32.0 Å². The van der Waals surface area contributed by atoms with Gasteiger partial charge >= 0.3 is 0 Å². The number of nitrogens with one attached hydrogen (secondary N) is 1. The van der Waals surface area contributed by atoms with E-state index >= 15 is 0 Å². The highest BCUT2D eigenvalue weighted by atomic mass is 79.9. The molecule has 1 N–H and O–H groups in total. The van der Waals surface area contributed by atoms with Gasteiger partial charge in [0.15, 0.2) is 6.61 Å². The van der Waals surface area contributed by atoms with Gasteiger partial charge in [0, 0.05) is 0 Å². The quantitative estimate of drug-likeness (QED) is 0.752. The maximum atomic E-state index is 12.9. The predicted octanol–water partition coefficient (Wildman–Crippen LogP) is 4.97. The Hall–Kier alpha value is -1.88. The van der Waals surface area contributed by atoms with Crippen molar-refractivity contribution in [2.75, 3.05) is 6.61 Å². The van der Waals surface area contributed by atoms with Gasteiger partial charge in [0.2, 0.25) is 0 Å². The summed E-state index contributed by atoms with van der Waals surface area (Å²) in [6.45, 7) is 6.00. The third kappa shape index (κ3) is 5.06. The van der Waals surface area contributed by atoms with Gasteiger partial charge in [-0.05, 0) is 64.2 Å². The van der Waals surface area contributed by atoms with Crippen LogP contribution in [0.2, 0.25) is 0 Å². The van der Waals surface area contributed by atoms with Crippen LogP contribution in [0.5, 0.6) is 5.75 Å². The summed E-state index contributed by atoms with van der Waals surface area (Å²) in [4.78, 5) is 12.0. The predicted molar refractivity (Wildman–Crippen MR) is 96.7 cm³/mol. The van der Waals surface area contributed by atoms with Crippen molar-refractivity contribution in [2.45, 2.75) is 32.7 Å². The van der Waals surface area contributed by atoms with Gasteiger partial charge in [0.25, 0.3) is 5.91 Å². The summed E-state index contributed by atoms with van der Waals surface area (Å²) in [6.07, 6.45) is 0. The zero-order chi connectivity index (χ0) is 17.7. The molecule has 0 spiro atoms. The molecule has 0 radical (unpaired) electrons. The van der Waals surface area contributed by atoms with E-state index in [2.05, 4.69) is 35.1 Å². The van der Waals surface area contributed by atoms with Crippen LogP contribution in [0.25, 0.3) is 0 Å². The lowest BCUT2D eigenvalue weighted by Crippen LogP contribution is -2.31. The van der Waals surface area contributed by atoms with E-state index in [-0.39, 0.29) is 24.4 Å². The molecular formula is C19H21BrFNO2. The summed E-state index contributed by atoms with van der Waals surface area (Å²) in [5, 5.41) is 2.83. The molecule has 0 bridgehead atoms. The smallest absolute Gasteiger partial charge is 0.258 e. The van der Waals surface area contributed by atoms with Crippen LogP contribution in [0.15, 0.2) is 46.9 Å². The highest BCUT2D eigenvalue weighted by molar-refractivity contribution is 9.10. The number of halogens is 2. The molecule has 0 saturated heterocycles. The average molecular weight is 394 g/mol. The van der Waals surface area contributed by atoms with Crippen LogP contribution in [0.4, 0.5) is 4.39 Å². The van der Waals surface area contributed by atoms with E-state index < -0.39 is 0 Å². The number of carbonyl (C=O) groups excluding carboxylic acids is 1. The van der Waals surface area contributed by atoms with Crippen LogP contribution >= 0.6 is 15.9 Å². The largest absolute Gasteiger partial charge is 0.483 e. The van der Waals surface area contributed by atoms with Gasteiger partial charge in [0.05, 0.1) is 10.5 Å². The van der Waals surface area contributed by atoms with E-state index in [0.29, 0.717) is 11.7 Å². The van der Waals surface area contributed by atoms with Crippen molar-refractivity contribution in [1.82, 2.24) is 5.32 Å². The van der Waals surface area contributed by atoms with E-state index in [0.717, 1.165) is 10.0 Å². The first-order valence-corrected chi connectivity index (χ1v) is 8.63. The fourth-order valence-corrected chi connectivity index (χ4v) is 2.77. The monoisotopic (exact) mass is 393 g/mol. The SMILES string of the molecule is CC(C)c1ccc(OCC(=O)N[C@@H](C)c2ccc(F)cc2)c(Br)c1. The van der Waals surface area contributed by atoms with Crippen LogP contribution in [0, 0.1) is 5.82 Å². The molecule has 0 heterocycles. The molecule has 1 atom stereocenters. The molecule has 24 heavy (non-hydrogen) atoms. The second-order valence-electron chi connectivity index (χ2n) is 5.97. The summed E-state index contributed by atoms with van der Waals surface area (Å²) < 4.78 is 19.3. The molecule has 0 unspecified atom stereocenters. The maximum absolute atomic E-state index is 12.9. The van der Waals surface area contributed by atoms with Gasteiger partial charge in [-0.25, -0.2) is 4.39 Å². The van der Waals surface area contributed by atoms with Crippen molar-refractivity contribution < 1.29 is 13.9 Å². The molecule has 128 valence electrons. The second-order valence-corrected chi connectivity index (χ2v) is 6.83. The zero-order valence-corrected chi connectivity index (χ0v) is 15.6. The molecule has 0 fully saturated rings. The molecule has 0 aliphatic rings. The van der Waals surface area contributed by atoms with Crippen molar-refractivity contribution in [1.29, 1.82) is 0 Å². The third-order valence-corrected chi connectivity index (χ3v) is 4.35. The molecule has 3 nitrogen and oxygen atoms in total. The van der Waals surface area contributed by atoms with Crippen LogP contribution < -0.4 is 10.1 Å². The zero-order valence-electron chi connectivity index (χ0n) is 14.0. The lowest BCUT2D eigenvalue weighted by molar-refractivity contribution is -0.123. The Kier molecular flexibility index (Phi) is 6.37. The first-order chi connectivity index (χ1) is 11.4. The fraction of sp³-hybridized carbons (Fsp3) is 0.316. The van der Waals surface area contributed by atoms with Crippen LogP contribution in [0.3, 0.4) is 0 Å². The molecule has 2 aromatic carbocycles. The van der Waals surface area contributed by atoms with E-state index in [1.54, 1.807) is 12.1 Å². The van der Waals surface area contributed by atoms with Gasteiger partial charge in [0.1, 0.15) is 11.6 Å². The third-order valence-electron chi connectivity index (χ3n) is 3.73. The van der Waals surface area contributed by atoms with Crippen LogP contribution in [-0.4, -0.2) is 12.5 Å². The number of ether oxygens (including phenoxy) is 1. The summed E-state index contributed by atoms with van der Waals surface area (Å²) in [6, 6.07) is 11.7. The minimum absolute atomic E-state index is 0.0782. The van der Waals surface area contributed by atoms with Crippen LogP contribution in [0.1, 0.15) is 43.9 Å². The van der Waals surface area contributed by atoms with Crippen LogP contribution in [-0.2, 0) is 4.79 Å². The Labute approximate surface area is 150 Å². The summed E-state index contributed by atoms with van der Waals surface area (Å²) >= 11 is 3.47. The fourth-order valence-electron chi connectivity index (χ4n) is 2.25. The minimum atomic E-state index is -0.296. The lowest BCUT2D eigenvalue weighted by atomic mass is 10.0. The van der Waals surface area contributed by atoms with Gasteiger partial charge < -0.3 is 10.1 Å². The maximum Gasteiger partial charge on any atom is 0.258 e. The molecule has 0 aliphatic carbocycles. The Morgan fingerprint density at radius 3 is 2.33 bits per heavy atom. The highest BCUT2D eigenvalue weighted by Gasteiger charge is 2.12. The molecule has 0 aliphatic heterocycles. The second kappa shape index (κ2) is 8.29. The van der Waals surface area contributed by atoms with E-state index in [4.69, 9.17) is 4.74 Å². The topological polar surface area (TPSA) is 38.3 Å². The molecule has 1 amide bonds. The number of benzene rings is 2. The molecular weight excluding hydrogens is 373 g/mol. The highest BCUT2D eigenvalue weighted by Crippen LogP contribution is 2.28. The Balaban J connectivity index is 1.90. The standard InChI is InChI=1S/C19H21BrFNO2/c1-12(2)15-6-9-18(17(20)10-15)24-11-19(23)22-13(3)14-4-7-16(21)8-5-14/h4-10,12-13H,11H2,1-3H3,(H,22,23)/t13-/m0/s1. The Morgan fingerprint density at radius 2 is 1.75 bits per heavy atom. The van der Waals surface area contributed by atoms with E-state index in [9.17, 15) is 9.18 Å². The molecule has 2 aromatic rings. The average Bonchev–Trinajstić information content (AvgIpc) is 2.54.